The number of aryl methyl sites for hydroxylation is 2. The Labute approximate surface area is 128 Å². The normalized spacial score (nSPS) is 10.2. The van der Waals surface area contributed by atoms with Gasteiger partial charge in [-0.1, -0.05) is 23.7 Å². The first-order valence-corrected chi connectivity index (χ1v) is 6.89. The van der Waals surface area contributed by atoms with Gasteiger partial charge in [-0.25, -0.2) is 0 Å². The number of amides is 1. The highest BCUT2D eigenvalue weighted by Gasteiger charge is 2.09. The molecule has 4 nitrogen and oxygen atoms in total. The third-order valence-corrected chi connectivity index (χ3v) is 3.31. The summed E-state index contributed by atoms with van der Waals surface area (Å²) in [6.45, 7) is 3.70. The number of hydrogen-bond acceptors (Lipinski definition) is 3. The van der Waals surface area contributed by atoms with Gasteiger partial charge in [-0.05, 0) is 49.2 Å². The van der Waals surface area contributed by atoms with E-state index in [0.717, 1.165) is 11.1 Å². The molecule has 0 atom stereocenters. The Kier molecular flexibility index (Phi) is 4.70. The number of carbonyl (C=O) groups is 1. The predicted molar refractivity (Wildman–Crippen MR) is 85.9 cm³/mol. The molecule has 0 saturated heterocycles. The van der Waals surface area contributed by atoms with Crippen LogP contribution in [-0.2, 0) is 4.79 Å². The summed E-state index contributed by atoms with van der Waals surface area (Å²) in [5, 5.41) is 3.20. The van der Waals surface area contributed by atoms with E-state index >= 15 is 0 Å². The van der Waals surface area contributed by atoms with Crippen LogP contribution >= 0.6 is 11.6 Å². The average molecular weight is 305 g/mol. The molecular weight excluding hydrogens is 288 g/mol. The largest absolute Gasteiger partial charge is 0.483 e. The Balaban J connectivity index is 2.01. The molecular formula is C16H17ClN2O2. The summed E-state index contributed by atoms with van der Waals surface area (Å²) < 4.78 is 5.59. The summed E-state index contributed by atoms with van der Waals surface area (Å²) in [7, 11) is 0. The standard InChI is InChI=1S/C16H17ClN2O2/c1-10-7-12(18)8-11(2)16(10)21-9-15(20)19-14-6-4-3-5-13(14)17/h3-8H,9,18H2,1-2H3,(H,19,20). The molecule has 0 spiro atoms. The molecule has 0 aliphatic heterocycles. The minimum absolute atomic E-state index is 0.0865. The molecule has 2 aromatic rings. The van der Waals surface area contributed by atoms with Crippen LogP contribution in [0.15, 0.2) is 36.4 Å². The minimum Gasteiger partial charge on any atom is -0.483 e. The third-order valence-electron chi connectivity index (χ3n) is 2.98. The van der Waals surface area contributed by atoms with Crippen molar-refractivity contribution in [1.29, 1.82) is 0 Å². The van der Waals surface area contributed by atoms with Gasteiger partial charge in [-0.3, -0.25) is 4.79 Å². The highest BCUT2D eigenvalue weighted by molar-refractivity contribution is 6.33. The van der Waals surface area contributed by atoms with Crippen molar-refractivity contribution >= 4 is 28.9 Å². The van der Waals surface area contributed by atoms with Crippen LogP contribution < -0.4 is 15.8 Å². The van der Waals surface area contributed by atoms with E-state index in [0.29, 0.717) is 22.1 Å². The maximum absolute atomic E-state index is 11.9. The zero-order chi connectivity index (χ0) is 15.4. The summed E-state index contributed by atoms with van der Waals surface area (Å²) in [5.74, 6) is 0.414. The topological polar surface area (TPSA) is 64.3 Å². The van der Waals surface area contributed by atoms with Gasteiger partial charge in [0.15, 0.2) is 6.61 Å². The maximum Gasteiger partial charge on any atom is 0.262 e. The number of halogens is 1. The quantitative estimate of drug-likeness (QED) is 0.849. The average Bonchev–Trinajstić information content (AvgIpc) is 2.40. The molecule has 0 aliphatic rings. The monoisotopic (exact) mass is 304 g/mol. The van der Waals surface area contributed by atoms with Crippen LogP contribution in [0.5, 0.6) is 5.75 Å². The van der Waals surface area contributed by atoms with Gasteiger partial charge in [-0.15, -0.1) is 0 Å². The Morgan fingerprint density at radius 1 is 1.24 bits per heavy atom. The second kappa shape index (κ2) is 6.50. The highest BCUT2D eigenvalue weighted by atomic mass is 35.5. The first-order chi connectivity index (χ1) is 9.97. The summed E-state index contributed by atoms with van der Waals surface area (Å²) >= 11 is 5.98. The van der Waals surface area contributed by atoms with Crippen LogP contribution in [0, 0.1) is 13.8 Å². The van der Waals surface area contributed by atoms with Crippen LogP contribution in [-0.4, -0.2) is 12.5 Å². The van der Waals surface area contributed by atoms with Crippen LogP contribution in [0.25, 0.3) is 0 Å². The van der Waals surface area contributed by atoms with E-state index in [4.69, 9.17) is 22.1 Å². The number of nitrogen functional groups attached to an aromatic ring is 1. The molecule has 2 rings (SSSR count). The fourth-order valence-corrected chi connectivity index (χ4v) is 2.28. The van der Waals surface area contributed by atoms with Crippen molar-refractivity contribution in [2.24, 2.45) is 0 Å². The molecule has 110 valence electrons. The number of benzene rings is 2. The molecule has 3 N–H and O–H groups in total. The number of para-hydroxylation sites is 1. The third kappa shape index (κ3) is 3.89. The Hall–Kier alpha value is -2.20. The molecule has 0 fully saturated rings. The Bertz CT molecular complexity index is 648. The number of rotatable bonds is 4. The predicted octanol–water partition coefficient (Wildman–Crippen LogP) is 3.56. The molecule has 0 unspecified atom stereocenters. The van der Waals surface area contributed by atoms with Crippen molar-refractivity contribution in [1.82, 2.24) is 0 Å². The number of carbonyl (C=O) groups excluding carboxylic acids is 1. The number of nitrogens with two attached hydrogens (primary N) is 1. The first kappa shape index (κ1) is 15.2. The Morgan fingerprint density at radius 2 is 1.86 bits per heavy atom. The summed E-state index contributed by atoms with van der Waals surface area (Å²) in [5.41, 5.74) is 8.80. The fraction of sp³-hybridized carbons (Fsp3) is 0.188. The van der Waals surface area contributed by atoms with Crippen LogP contribution in [0.3, 0.4) is 0 Å². The van der Waals surface area contributed by atoms with E-state index in [9.17, 15) is 4.79 Å². The zero-order valence-electron chi connectivity index (χ0n) is 11.9. The summed E-state index contributed by atoms with van der Waals surface area (Å²) in [6, 6.07) is 10.7. The molecule has 21 heavy (non-hydrogen) atoms. The lowest BCUT2D eigenvalue weighted by atomic mass is 10.1. The van der Waals surface area contributed by atoms with Crippen molar-refractivity contribution in [3.8, 4) is 5.75 Å². The molecule has 2 aromatic carbocycles. The van der Waals surface area contributed by atoms with Crippen molar-refractivity contribution < 1.29 is 9.53 Å². The smallest absolute Gasteiger partial charge is 0.262 e. The van der Waals surface area contributed by atoms with Gasteiger partial charge in [0.1, 0.15) is 5.75 Å². The molecule has 0 aromatic heterocycles. The Morgan fingerprint density at radius 3 is 2.48 bits per heavy atom. The zero-order valence-corrected chi connectivity index (χ0v) is 12.7. The van der Waals surface area contributed by atoms with Gasteiger partial charge in [0.05, 0.1) is 10.7 Å². The van der Waals surface area contributed by atoms with Gasteiger partial charge >= 0.3 is 0 Å². The van der Waals surface area contributed by atoms with E-state index in [-0.39, 0.29) is 12.5 Å². The lowest BCUT2D eigenvalue weighted by molar-refractivity contribution is -0.118. The van der Waals surface area contributed by atoms with E-state index in [1.54, 1.807) is 24.3 Å². The second-order valence-electron chi connectivity index (χ2n) is 4.80. The van der Waals surface area contributed by atoms with E-state index in [1.807, 2.05) is 26.0 Å². The van der Waals surface area contributed by atoms with Gasteiger partial charge in [0.2, 0.25) is 0 Å². The lowest BCUT2D eigenvalue weighted by Crippen LogP contribution is -2.20. The summed E-state index contributed by atoms with van der Waals surface area (Å²) in [6.07, 6.45) is 0. The van der Waals surface area contributed by atoms with Crippen LogP contribution in [0.2, 0.25) is 5.02 Å². The first-order valence-electron chi connectivity index (χ1n) is 6.51. The van der Waals surface area contributed by atoms with Gasteiger partial charge in [-0.2, -0.15) is 0 Å². The van der Waals surface area contributed by atoms with Crippen LogP contribution in [0.1, 0.15) is 11.1 Å². The van der Waals surface area contributed by atoms with Gasteiger partial charge in [0, 0.05) is 5.69 Å². The number of hydrogen-bond donors (Lipinski definition) is 2. The second-order valence-corrected chi connectivity index (χ2v) is 5.21. The van der Waals surface area contributed by atoms with Crippen molar-refractivity contribution in [3.63, 3.8) is 0 Å². The van der Waals surface area contributed by atoms with Crippen molar-refractivity contribution in [2.75, 3.05) is 17.7 Å². The van der Waals surface area contributed by atoms with Gasteiger partial charge < -0.3 is 15.8 Å². The molecule has 0 heterocycles. The molecule has 0 saturated carbocycles. The lowest BCUT2D eigenvalue weighted by Gasteiger charge is -2.13. The minimum atomic E-state index is -0.265. The molecule has 0 radical (unpaired) electrons. The van der Waals surface area contributed by atoms with E-state index < -0.39 is 0 Å². The van der Waals surface area contributed by atoms with Crippen LogP contribution in [0.4, 0.5) is 11.4 Å². The molecule has 1 amide bonds. The van der Waals surface area contributed by atoms with E-state index in [2.05, 4.69) is 5.32 Å². The highest BCUT2D eigenvalue weighted by Crippen LogP contribution is 2.26. The number of anilines is 2. The summed E-state index contributed by atoms with van der Waals surface area (Å²) in [4.78, 5) is 11.9. The molecule has 0 bridgehead atoms. The van der Waals surface area contributed by atoms with E-state index in [1.165, 1.54) is 0 Å². The van der Waals surface area contributed by atoms with Crippen molar-refractivity contribution in [3.05, 3.63) is 52.5 Å². The maximum atomic E-state index is 11.9. The number of nitrogens with one attached hydrogen (secondary N) is 1. The van der Waals surface area contributed by atoms with Crippen molar-refractivity contribution in [2.45, 2.75) is 13.8 Å². The number of ether oxygens (including phenoxy) is 1. The fourth-order valence-electron chi connectivity index (χ4n) is 2.10. The SMILES string of the molecule is Cc1cc(N)cc(C)c1OCC(=O)Nc1ccccc1Cl. The molecule has 5 heteroatoms. The van der Waals surface area contributed by atoms with Gasteiger partial charge in [0.25, 0.3) is 5.91 Å². The molecule has 0 aliphatic carbocycles.